The predicted molar refractivity (Wildman–Crippen MR) is 94.7 cm³/mol. The Bertz CT molecular complexity index is 831. The largest absolute Gasteiger partial charge is 0.350 e. The van der Waals surface area contributed by atoms with Gasteiger partial charge in [-0.1, -0.05) is 31.4 Å². The lowest BCUT2D eigenvalue weighted by atomic mass is 9.82. The van der Waals surface area contributed by atoms with Gasteiger partial charge in [0.2, 0.25) is 0 Å². The summed E-state index contributed by atoms with van der Waals surface area (Å²) in [5, 5.41) is 0. The van der Waals surface area contributed by atoms with Crippen molar-refractivity contribution in [2.24, 2.45) is 5.92 Å². The maximum Gasteiger partial charge on any atom is 0.253 e. The summed E-state index contributed by atoms with van der Waals surface area (Å²) in [4.78, 5) is 25.7. The molecule has 0 spiro atoms. The minimum atomic E-state index is -0.0140. The Balaban J connectivity index is 1.54. The summed E-state index contributed by atoms with van der Waals surface area (Å²) in [7, 11) is 0. The standard InChI is InChI=1S/C19H20N4O/c1-3-13(2)19(24)22-9-8-14-11-23(17(14)12-22)18-10-20-15-6-4-5-7-16(15)21-18/h3-7,10,14,17H,1-2,8-9,11-12H2/t14-,17-/m0/s1. The van der Waals surface area contributed by atoms with Gasteiger partial charge in [-0.2, -0.15) is 0 Å². The maximum atomic E-state index is 12.3. The van der Waals surface area contributed by atoms with E-state index in [9.17, 15) is 4.79 Å². The molecule has 122 valence electrons. The van der Waals surface area contributed by atoms with E-state index in [4.69, 9.17) is 4.98 Å². The average Bonchev–Trinajstić information content (AvgIpc) is 2.61. The van der Waals surface area contributed by atoms with Crippen LogP contribution in [0.5, 0.6) is 0 Å². The van der Waals surface area contributed by atoms with Gasteiger partial charge in [0.15, 0.2) is 0 Å². The summed E-state index contributed by atoms with van der Waals surface area (Å²) >= 11 is 0. The molecule has 5 nitrogen and oxygen atoms in total. The first-order valence-electron chi connectivity index (χ1n) is 8.26. The number of hydrogen-bond donors (Lipinski definition) is 0. The third-order valence-electron chi connectivity index (χ3n) is 5.09. The van der Waals surface area contributed by atoms with E-state index in [1.54, 1.807) is 0 Å². The van der Waals surface area contributed by atoms with Crippen molar-refractivity contribution in [1.29, 1.82) is 0 Å². The fourth-order valence-electron chi connectivity index (χ4n) is 3.62. The molecule has 4 rings (SSSR count). The molecule has 2 atom stereocenters. The summed E-state index contributed by atoms with van der Waals surface area (Å²) < 4.78 is 0. The highest BCUT2D eigenvalue weighted by molar-refractivity contribution is 5.95. The lowest BCUT2D eigenvalue weighted by molar-refractivity contribution is -0.129. The molecule has 0 radical (unpaired) electrons. The highest BCUT2D eigenvalue weighted by atomic mass is 16.2. The van der Waals surface area contributed by atoms with Crippen LogP contribution in [0.25, 0.3) is 11.0 Å². The second kappa shape index (κ2) is 5.74. The van der Waals surface area contributed by atoms with Crippen LogP contribution in [-0.2, 0) is 4.79 Å². The quantitative estimate of drug-likeness (QED) is 0.644. The normalized spacial score (nSPS) is 22.7. The van der Waals surface area contributed by atoms with Gasteiger partial charge in [-0.3, -0.25) is 9.78 Å². The number of carbonyl (C=O) groups excluding carboxylic acids is 1. The number of rotatable bonds is 3. The van der Waals surface area contributed by atoms with Gasteiger partial charge in [0.25, 0.3) is 5.91 Å². The minimum Gasteiger partial charge on any atom is -0.350 e. The molecule has 0 N–H and O–H groups in total. The molecule has 5 heteroatoms. The Labute approximate surface area is 141 Å². The Hall–Kier alpha value is -2.69. The monoisotopic (exact) mass is 320 g/mol. The summed E-state index contributed by atoms with van der Waals surface area (Å²) in [6.45, 7) is 9.91. The van der Waals surface area contributed by atoms with Crippen LogP contribution in [0.3, 0.4) is 0 Å². The highest BCUT2D eigenvalue weighted by Crippen LogP contribution is 2.36. The van der Waals surface area contributed by atoms with E-state index >= 15 is 0 Å². The van der Waals surface area contributed by atoms with Crippen LogP contribution in [-0.4, -0.2) is 46.5 Å². The summed E-state index contributed by atoms with van der Waals surface area (Å²) in [5.41, 5.74) is 2.27. The number of para-hydroxylation sites is 2. The maximum absolute atomic E-state index is 12.3. The van der Waals surface area contributed by atoms with Crippen molar-refractivity contribution in [1.82, 2.24) is 14.9 Å². The van der Waals surface area contributed by atoms with Crippen molar-refractivity contribution in [2.45, 2.75) is 12.5 Å². The highest BCUT2D eigenvalue weighted by Gasteiger charge is 2.44. The van der Waals surface area contributed by atoms with Gasteiger partial charge in [0, 0.05) is 31.1 Å². The van der Waals surface area contributed by atoms with Crippen molar-refractivity contribution in [3.63, 3.8) is 0 Å². The van der Waals surface area contributed by atoms with E-state index < -0.39 is 0 Å². The first-order valence-corrected chi connectivity index (χ1v) is 8.26. The summed E-state index contributed by atoms with van der Waals surface area (Å²) in [6.07, 6.45) is 4.39. The van der Waals surface area contributed by atoms with E-state index in [1.165, 1.54) is 6.08 Å². The molecular weight excluding hydrogens is 300 g/mol. The van der Waals surface area contributed by atoms with Crippen LogP contribution in [0.15, 0.2) is 55.3 Å². The zero-order valence-corrected chi connectivity index (χ0v) is 13.6. The van der Waals surface area contributed by atoms with Gasteiger partial charge in [0.05, 0.1) is 23.3 Å². The van der Waals surface area contributed by atoms with Crippen LogP contribution >= 0.6 is 0 Å². The zero-order valence-electron chi connectivity index (χ0n) is 13.6. The lowest BCUT2D eigenvalue weighted by Gasteiger charge is -2.53. The Kier molecular flexibility index (Phi) is 3.56. The number of carbonyl (C=O) groups is 1. The molecule has 3 heterocycles. The number of benzene rings is 1. The van der Waals surface area contributed by atoms with Gasteiger partial charge < -0.3 is 9.80 Å². The zero-order chi connectivity index (χ0) is 16.7. The molecule has 2 aromatic rings. The molecule has 24 heavy (non-hydrogen) atoms. The minimum absolute atomic E-state index is 0.0140. The Morgan fingerprint density at radius 1 is 1.25 bits per heavy atom. The van der Waals surface area contributed by atoms with Gasteiger partial charge in [-0.15, -0.1) is 0 Å². The van der Waals surface area contributed by atoms with Crippen LogP contribution in [0, 0.1) is 5.92 Å². The number of aromatic nitrogens is 2. The molecule has 2 fully saturated rings. The molecule has 1 amide bonds. The van der Waals surface area contributed by atoms with E-state index in [0.29, 0.717) is 24.1 Å². The van der Waals surface area contributed by atoms with Crippen LogP contribution < -0.4 is 4.90 Å². The topological polar surface area (TPSA) is 49.3 Å². The molecule has 0 saturated carbocycles. The average molecular weight is 320 g/mol. The van der Waals surface area contributed by atoms with E-state index in [0.717, 1.165) is 36.4 Å². The first-order chi connectivity index (χ1) is 11.7. The van der Waals surface area contributed by atoms with E-state index in [-0.39, 0.29) is 5.91 Å². The van der Waals surface area contributed by atoms with Crippen LogP contribution in [0.2, 0.25) is 0 Å². The summed E-state index contributed by atoms with van der Waals surface area (Å²) in [5.74, 6) is 1.51. The van der Waals surface area contributed by atoms with Crippen molar-refractivity contribution in [2.75, 3.05) is 24.5 Å². The first kappa shape index (κ1) is 14.9. The molecule has 0 unspecified atom stereocenters. The van der Waals surface area contributed by atoms with Crippen molar-refractivity contribution >= 4 is 22.8 Å². The van der Waals surface area contributed by atoms with Crippen molar-refractivity contribution in [3.05, 3.63) is 55.3 Å². The molecule has 0 aliphatic carbocycles. The second-order valence-electron chi connectivity index (χ2n) is 6.47. The molecule has 0 bridgehead atoms. The molecule has 2 aliphatic rings. The number of hydrogen-bond acceptors (Lipinski definition) is 4. The van der Waals surface area contributed by atoms with Gasteiger partial charge in [0.1, 0.15) is 5.82 Å². The number of fused-ring (bicyclic) bond motifs is 2. The van der Waals surface area contributed by atoms with Gasteiger partial charge in [-0.05, 0) is 18.6 Å². The van der Waals surface area contributed by atoms with Crippen molar-refractivity contribution in [3.8, 4) is 0 Å². The number of amides is 1. The van der Waals surface area contributed by atoms with Gasteiger partial charge >= 0.3 is 0 Å². The van der Waals surface area contributed by atoms with Crippen molar-refractivity contribution < 1.29 is 4.79 Å². The number of anilines is 1. The number of nitrogens with zero attached hydrogens (tertiary/aromatic N) is 4. The number of piperidine rings is 1. The molecule has 2 saturated heterocycles. The second-order valence-corrected chi connectivity index (χ2v) is 6.47. The number of likely N-dealkylation sites (tertiary alicyclic amines) is 1. The van der Waals surface area contributed by atoms with Gasteiger partial charge in [-0.25, -0.2) is 4.98 Å². The lowest BCUT2D eigenvalue weighted by Crippen LogP contribution is -2.65. The third-order valence-corrected chi connectivity index (χ3v) is 5.09. The predicted octanol–water partition coefficient (Wildman–Crippen LogP) is 2.41. The van der Waals surface area contributed by atoms with E-state index in [1.807, 2.05) is 35.4 Å². The molecular formula is C19H20N4O. The Morgan fingerprint density at radius 2 is 2.04 bits per heavy atom. The van der Waals surface area contributed by atoms with Crippen LogP contribution in [0.1, 0.15) is 6.42 Å². The smallest absolute Gasteiger partial charge is 0.253 e. The summed E-state index contributed by atoms with van der Waals surface area (Å²) in [6, 6.07) is 8.20. The third kappa shape index (κ3) is 2.37. The SMILES string of the molecule is C=CC(=C)C(=O)N1CC[C@H]2CN(c3cnc4ccccc4n3)[C@H]2C1. The molecule has 2 aliphatic heterocycles. The van der Waals surface area contributed by atoms with E-state index in [2.05, 4.69) is 23.0 Å². The fourth-order valence-corrected chi connectivity index (χ4v) is 3.62. The Morgan fingerprint density at radius 3 is 2.83 bits per heavy atom. The molecule has 1 aromatic carbocycles. The fraction of sp³-hybridized carbons (Fsp3) is 0.316. The van der Waals surface area contributed by atoms with Crippen LogP contribution in [0.4, 0.5) is 5.82 Å². The molecule has 1 aromatic heterocycles.